The molecule has 5 heteroatoms. The average Bonchev–Trinajstić information content (AvgIpc) is 2.97. The molecule has 2 rings (SSSR count). The van der Waals surface area contributed by atoms with Gasteiger partial charge in [-0.2, -0.15) is 0 Å². The molecule has 2 heterocycles. The zero-order chi connectivity index (χ0) is 14.7. The minimum absolute atomic E-state index is 0.0195. The largest absolute Gasteiger partial charge is 0.348 e. The van der Waals surface area contributed by atoms with Crippen LogP contribution in [0.1, 0.15) is 36.5 Å². The number of aromatic nitrogens is 2. The number of imidazole rings is 1. The van der Waals surface area contributed by atoms with Gasteiger partial charge in [0.05, 0.1) is 6.33 Å². The number of likely N-dealkylation sites (tertiary alicyclic amines) is 1. The van der Waals surface area contributed by atoms with E-state index in [0.29, 0.717) is 17.5 Å². The fraction of sp³-hybridized carbons (Fsp3) is 0.733. The molecule has 0 saturated carbocycles. The minimum atomic E-state index is 0.0195. The van der Waals surface area contributed by atoms with Gasteiger partial charge >= 0.3 is 0 Å². The zero-order valence-electron chi connectivity index (χ0n) is 13.0. The molecule has 0 radical (unpaired) electrons. The van der Waals surface area contributed by atoms with E-state index in [-0.39, 0.29) is 5.91 Å². The Morgan fingerprint density at radius 3 is 2.95 bits per heavy atom. The van der Waals surface area contributed by atoms with Gasteiger partial charge in [-0.25, -0.2) is 4.98 Å². The third-order valence-electron chi connectivity index (χ3n) is 3.90. The van der Waals surface area contributed by atoms with Gasteiger partial charge in [0, 0.05) is 32.4 Å². The number of hydrogen-bond acceptors (Lipinski definition) is 3. The van der Waals surface area contributed by atoms with Crippen molar-refractivity contribution in [1.82, 2.24) is 19.8 Å². The van der Waals surface area contributed by atoms with Crippen LogP contribution in [0.25, 0.3) is 0 Å². The van der Waals surface area contributed by atoms with Crippen LogP contribution in [0, 0.1) is 18.8 Å². The number of hydrogen-bond donors (Lipinski definition) is 1. The first kappa shape index (κ1) is 15.0. The van der Waals surface area contributed by atoms with E-state index < -0.39 is 0 Å². The van der Waals surface area contributed by atoms with E-state index in [4.69, 9.17) is 0 Å². The highest BCUT2D eigenvalue weighted by Gasteiger charge is 2.26. The van der Waals surface area contributed by atoms with Crippen molar-refractivity contribution < 1.29 is 4.79 Å². The van der Waals surface area contributed by atoms with Crippen molar-refractivity contribution in [2.75, 3.05) is 33.2 Å². The zero-order valence-corrected chi connectivity index (χ0v) is 13.0. The van der Waals surface area contributed by atoms with Gasteiger partial charge in [0.15, 0.2) is 0 Å². The predicted molar refractivity (Wildman–Crippen MR) is 79.7 cm³/mol. The molecule has 1 amide bonds. The number of rotatable bonds is 5. The predicted octanol–water partition coefficient (Wildman–Crippen LogP) is 1.77. The van der Waals surface area contributed by atoms with Gasteiger partial charge in [-0.1, -0.05) is 13.8 Å². The second-order valence-electron chi connectivity index (χ2n) is 6.37. The summed E-state index contributed by atoms with van der Waals surface area (Å²) in [4.78, 5) is 23.7. The molecule has 1 aromatic rings. The summed E-state index contributed by atoms with van der Waals surface area (Å²) >= 11 is 0. The number of aryl methyl sites for hydroxylation is 1. The fourth-order valence-corrected chi connectivity index (χ4v) is 2.97. The number of H-pyrrole nitrogens is 1. The lowest BCUT2D eigenvalue weighted by Crippen LogP contribution is -2.34. The summed E-state index contributed by atoms with van der Waals surface area (Å²) < 4.78 is 0. The van der Waals surface area contributed by atoms with E-state index >= 15 is 0 Å². The molecule has 0 spiro atoms. The van der Waals surface area contributed by atoms with E-state index in [0.717, 1.165) is 31.9 Å². The van der Waals surface area contributed by atoms with E-state index in [1.165, 1.54) is 6.42 Å². The molecule has 1 fully saturated rings. The summed E-state index contributed by atoms with van der Waals surface area (Å²) in [6.45, 7) is 10.6. The molecule has 1 atom stereocenters. The van der Waals surface area contributed by atoms with Crippen LogP contribution in [0.3, 0.4) is 0 Å². The highest BCUT2D eigenvalue weighted by atomic mass is 16.2. The fourth-order valence-electron chi connectivity index (χ4n) is 2.97. The normalized spacial score (nSPS) is 19.8. The van der Waals surface area contributed by atoms with Crippen LogP contribution in [0.2, 0.25) is 0 Å². The molecule has 1 unspecified atom stereocenters. The molecular formula is C15H26N4O. The van der Waals surface area contributed by atoms with Crippen LogP contribution in [0.5, 0.6) is 0 Å². The standard InChI is InChI=1S/C15H26N4O/c1-11(2)7-19-6-5-13(9-19)8-18(4)15(20)14-12(3)16-10-17-14/h10-11,13H,5-9H2,1-4H3,(H,16,17). The van der Waals surface area contributed by atoms with Crippen molar-refractivity contribution in [2.45, 2.75) is 27.2 Å². The van der Waals surface area contributed by atoms with Gasteiger partial charge < -0.3 is 14.8 Å². The summed E-state index contributed by atoms with van der Waals surface area (Å²) in [6, 6.07) is 0. The highest BCUT2D eigenvalue weighted by molar-refractivity contribution is 5.93. The Labute approximate surface area is 121 Å². The van der Waals surface area contributed by atoms with Crippen LogP contribution in [0.15, 0.2) is 6.33 Å². The minimum Gasteiger partial charge on any atom is -0.348 e. The Hall–Kier alpha value is -1.36. The lowest BCUT2D eigenvalue weighted by atomic mass is 10.1. The van der Waals surface area contributed by atoms with Gasteiger partial charge in [0.2, 0.25) is 0 Å². The number of amides is 1. The van der Waals surface area contributed by atoms with Gasteiger partial charge in [-0.05, 0) is 31.7 Å². The second kappa shape index (κ2) is 6.39. The first-order chi connectivity index (χ1) is 9.47. The van der Waals surface area contributed by atoms with Gasteiger partial charge in [0.25, 0.3) is 5.91 Å². The Morgan fingerprint density at radius 1 is 1.60 bits per heavy atom. The molecule has 1 saturated heterocycles. The summed E-state index contributed by atoms with van der Waals surface area (Å²) in [5.41, 5.74) is 1.39. The monoisotopic (exact) mass is 278 g/mol. The molecular weight excluding hydrogens is 252 g/mol. The summed E-state index contributed by atoms with van der Waals surface area (Å²) in [7, 11) is 1.88. The Bertz CT molecular complexity index is 454. The third-order valence-corrected chi connectivity index (χ3v) is 3.90. The number of aromatic amines is 1. The average molecular weight is 278 g/mol. The van der Waals surface area contributed by atoms with Crippen molar-refractivity contribution in [2.24, 2.45) is 11.8 Å². The number of nitrogens with one attached hydrogen (secondary N) is 1. The van der Waals surface area contributed by atoms with E-state index in [1.54, 1.807) is 6.33 Å². The van der Waals surface area contributed by atoms with Crippen molar-refractivity contribution in [3.8, 4) is 0 Å². The Balaban J connectivity index is 1.85. The van der Waals surface area contributed by atoms with Crippen LogP contribution >= 0.6 is 0 Å². The molecule has 1 aromatic heterocycles. The quantitative estimate of drug-likeness (QED) is 0.893. The molecule has 1 aliphatic heterocycles. The van der Waals surface area contributed by atoms with Crippen molar-refractivity contribution in [3.05, 3.63) is 17.7 Å². The maximum absolute atomic E-state index is 12.3. The van der Waals surface area contributed by atoms with Crippen LogP contribution in [0.4, 0.5) is 0 Å². The maximum atomic E-state index is 12.3. The highest BCUT2D eigenvalue weighted by Crippen LogP contribution is 2.19. The second-order valence-corrected chi connectivity index (χ2v) is 6.37. The molecule has 1 N–H and O–H groups in total. The maximum Gasteiger partial charge on any atom is 0.274 e. The lowest BCUT2D eigenvalue weighted by Gasteiger charge is -2.22. The van der Waals surface area contributed by atoms with Gasteiger partial charge in [-0.3, -0.25) is 4.79 Å². The topological polar surface area (TPSA) is 52.2 Å². The van der Waals surface area contributed by atoms with Crippen molar-refractivity contribution in [3.63, 3.8) is 0 Å². The Kier molecular flexibility index (Phi) is 4.81. The van der Waals surface area contributed by atoms with Crippen LogP contribution < -0.4 is 0 Å². The van der Waals surface area contributed by atoms with Crippen LogP contribution in [-0.4, -0.2) is 58.9 Å². The molecule has 20 heavy (non-hydrogen) atoms. The summed E-state index contributed by atoms with van der Waals surface area (Å²) in [5, 5.41) is 0. The molecule has 5 nitrogen and oxygen atoms in total. The number of carbonyl (C=O) groups excluding carboxylic acids is 1. The third kappa shape index (κ3) is 3.60. The summed E-state index contributed by atoms with van der Waals surface area (Å²) in [5.74, 6) is 1.31. The van der Waals surface area contributed by atoms with Gasteiger partial charge in [0.1, 0.15) is 5.69 Å². The van der Waals surface area contributed by atoms with Crippen LogP contribution in [-0.2, 0) is 0 Å². The smallest absolute Gasteiger partial charge is 0.274 e. The number of carbonyl (C=O) groups is 1. The number of nitrogens with zero attached hydrogens (tertiary/aromatic N) is 3. The van der Waals surface area contributed by atoms with Gasteiger partial charge in [-0.15, -0.1) is 0 Å². The van der Waals surface area contributed by atoms with Crippen molar-refractivity contribution >= 4 is 5.91 Å². The van der Waals surface area contributed by atoms with Crippen molar-refractivity contribution in [1.29, 1.82) is 0 Å². The SMILES string of the molecule is Cc1[nH]cnc1C(=O)N(C)CC1CCN(CC(C)C)C1. The lowest BCUT2D eigenvalue weighted by molar-refractivity contribution is 0.0767. The first-order valence-electron chi connectivity index (χ1n) is 7.45. The molecule has 112 valence electrons. The van der Waals surface area contributed by atoms with E-state index in [1.807, 2.05) is 18.9 Å². The Morgan fingerprint density at radius 2 is 2.35 bits per heavy atom. The summed E-state index contributed by atoms with van der Waals surface area (Å²) in [6.07, 6.45) is 2.76. The first-order valence-corrected chi connectivity index (χ1v) is 7.45. The van der Waals surface area contributed by atoms with E-state index in [9.17, 15) is 4.79 Å². The molecule has 0 aliphatic carbocycles. The molecule has 0 aromatic carbocycles. The molecule has 1 aliphatic rings. The van der Waals surface area contributed by atoms with E-state index in [2.05, 4.69) is 28.7 Å². The molecule has 0 bridgehead atoms.